The Morgan fingerprint density at radius 2 is 2.29 bits per heavy atom. The molecule has 0 spiro atoms. The van der Waals surface area contributed by atoms with E-state index in [0.717, 1.165) is 0 Å². The number of carbonyl (C=O) groups excluding carboxylic acids is 2. The highest BCUT2D eigenvalue weighted by atomic mass is 16.5. The predicted molar refractivity (Wildman–Crippen MR) is 55.5 cm³/mol. The van der Waals surface area contributed by atoms with Crippen molar-refractivity contribution in [2.75, 3.05) is 6.61 Å². The molecule has 17 heavy (non-hydrogen) atoms. The molecule has 0 aliphatic carbocycles. The SMILES string of the molecule is CCOC(=O)C(N)C(=O)NCc1nc(C)no1. The first-order valence-electron chi connectivity index (χ1n) is 5.03. The van der Waals surface area contributed by atoms with E-state index in [2.05, 4.69) is 20.2 Å². The standard InChI is InChI=1S/C9H14N4O4/c1-3-16-9(15)7(10)8(14)11-4-6-12-5(2)13-17-6/h7H,3-4,10H2,1-2H3,(H,11,14). The van der Waals surface area contributed by atoms with Gasteiger partial charge in [-0.1, -0.05) is 5.16 Å². The lowest BCUT2D eigenvalue weighted by Gasteiger charge is -2.09. The number of esters is 1. The van der Waals surface area contributed by atoms with E-state index in [1.807, 2.05) is 0 Å². The minimum Gasteiger partial charge on any atom is -0.464 e. The topological polar surface area (TPSA) is 120 Å². The maximum atomic E-state index is 11.4. The zero-order chi connectivity index (χ0) is 12.8. The summed E-state index contributed by atoms with van der Waals surface area (Å²) in [7, 11) is 0. The molecule has 94 valence electrons. The van der Waals surface area contributed by atoms with Crippen molar-refractivity contribution < 1.29 is 18.8 Å². The van der Waals surface area contributed by atoms with E-state index in [0.29, 0.717) is 5.82 Å². The van der Waals surface area contributed by atoms with Crippen molar-refractivity contribution in [2.24, 2.45) is 5.73 Å². The molecule has 0 fully saturated rings. The van der Waals surface area contributed by atoms with Gasteiger partial charge >= 0.3 is 5.97 Å². The number of aryl methyl sites for hydroxylation is 1. The first kappa shape index (κ1) is 13.1. The molecule has 1 aromatic heterocycles. The molecule has 0 saturated heterocycles. The van der Waals surface area contributed by atoms with Crippen LogP contribution < -0.4 is 11.1 Å². The second-order valence-electron chi connectivity index (χ2n) is 3.18. The smallest absolute Gasteiger partial charge is 0.332 e. The fourth-order valence-electron chi connectivity index (χ4n) is 1.02. The average molecular weight is 242 g/mol. The number of aromatic nitrogens is 2. The fourth-order valence-corrected chi connectivity index (χ4v) is 1.02. The van der Waals surface area contributed by atoms with E-state index in [9.17, 15) is 9.59 Å². The van der Waals surface area contributed by atoms with E-state index in [4.69, 9.17) is 10.3 Å². The number of hydrogen-bond donors (Lipinski definition) is 2. The van der Waals surface area contributed by atoms with Crippen LogP contribution in [-0.4, -0.2) is 34.7 Å². The third-order valence-electron chi connectivity index (χ3n) is 1.81. The molecular weight excluding hydrogens is 228 g/mol. The van der Waals surface area contributed by atoms with Gasteiger partial charge in [0.15, 0.2) is 11.9 Å². The Labute approximate surface area is 97.5 Å². The summed E-state index contributed by atoms with van der Waals surface area (Å²) in [5.74, 6) is -0.720. The highest BCUT2D eigenvalue weighted by Crippen LogP contribution is 1.95. The zero-order valence-electron chi connectivity index (χ0n) is 9.60. The van der Waals surface area contributed by atoms with Crippen LogP contribution in [0.5, 0.6) is 0 Å². The Kier molecular flexibility index (Phi) is 4.58. The van der Waals surface area contributed by atoms with Crippen molar-refractivity contribution in [1.82, 2.24) is 15.5 Å². The second kappa shape index (κ2) is 5.94. The Morgan fingerprint density at radius 1 is 1.59 bits per heavy atom. The van der Waals surface area contributed by atoms with Gasteiger partial charge in [-0.2, -0.15) is 4.98 Å². The third kappa shape index (κ3) is 3.83. The number of nitrogens with zero attached hydrogens (tertiary/aromatic N) is 2. The summed E-state index contributed by atoms with van der Waals surface area (Å²) in [6.07, 6.45) is 0. The van der Waals surface area contributed by atoms with Crippen LogP contribution in [0.4, 0.5) is 0 Å². The molecule has 0 saturated carbocycles. The number of hydrogen-bond acceptors (Lipinski definition) is 7. The molecule has 1 heterocycles. The second-order valence-corrected chi connectivity index (χ2v) is 3.18. The van der Waals surface area contributed by atoms with Gasteiger partial charge in [-0.15, -0.1) is 0 Å². The van der Waals surface area contributed by atoms with Crippen LogP contribution in [0.1, 0.15) is 18.6 Å². The summed E-state index contributed by atoms with van der Waals surface area (Å²) in [4.78, 5) is 26.4. The first-order chi connectivity index (χ1) is 8.04. The number of ether oxygens (including phenoxy) is 1. The molecule has 1 unspecified atom stereocenters. The highest BCUT2D eigenvalue weighted by molar-refractivity contribution is 6.01. The van der Waals surface area contributed by atoms with E-state index in [1.54, 1.807) is 13.8 Å². The Morgan fingerprint density at radius 3 is 2.82 bits per heavy atom. The summed E-state index contributed by atoms with van der Waals surface area (Å²) in [5, 5.41) is 5.93. The van der Waals surface area contributed by atoms with Crippen LogP contribution in [0.15, 0.2) is 4.52 Å². The van der Waals surface area contributed by atoms with Crippen molar-refractivity contribution in [1.29, 1.82) is 0 Å². The summed E-state index contributed by atoms with van der Waals surface area (Å²) < 4.78 is 9.37. The van der Waals surface area contributed by atoms with Crippen molar-refractivity contribution in [3.8, 4) is 0 Å². The van der Waals surface area contributed by atoms with Crippen LogP contribution >= 0.6 is 0 Å². The molecule has 1 amide bonds. The van der Waals surface area contributed by atoms with Crippen LogP contribution in [0, 0.1) is 6.92 Å². The number of nitrogens with two attached hydrogens (primary N) is 1. The molecule has 0 bridgehead atoms. The Hall–Kier alpha value is -1.96. The molecule has 0 aromatic carbocycles. The molecule has 8 heteroatoms. The van der Waals surface area contributed by atoms with Crippen LogP contribution in [0.25, 0.3) is 0 Å². The van der Waals surface area contributed by atoms with E-state index >= 15 is 0 Å². The largest absolute Gasteiger partial charge is 0.464 e. The van der Waals surface area contributed by atoms with E-state index < -0.39 is 17.9 Å². The average Bonchev–Trinajstić information content (AvgIpc) is 2.71. The van der Waals surface area contributed by atoms with Gasteiger partial charge in [-0.05, 0) is 13.8 Å². The molecule has 0 aliphatic rings. The van der Waals surface area contributed by atoms with Gasteiger partial charge in [0.25, 0.3) is 0 Å². The highest BCUT2D eigenvalue weighted by Gasteiger charge is 2.23. The summed E-state index contributed by atoms with van der Waals surface area (Å²) in [5.41, 5.74) is 5.36. The van der Waals surface area contributed by atoms with Crippen LogP contribution in [-0.2, 0) is 20.9 Å². The van der Waals surface area contributed by atoms with Gasteiger partial charge in [0, 0.05) is 0 Å². The monoisotopic (exact) mass is 242 g/mol. The van der Waals surface area contributed by atoms with E-state index in [-0.39, 0.29) is 19.0 Å². The summed E-state index contributed by atoms with van der Waals surface area (Å²) in [6.45, 7) is 3.47. The molecule has 8 nitrogen and oxygen atoms in total. The predicted octanol–water partition coefficient (Wildman–Crippen LogP) is -1.12. The summed E-state index contributed by atoms with van der Waals surface area (Å²) >= 11 is 0. The van der Waals surface area contributed by atoms with Gasteiger partial charge in [0.05, 0.1) is 13.2 Å². The van der Waals surface area contributed by atoms with Crippen molar-refractivity contribution in [3.05, 3.63) is 11.7 Å². The van der Waals surface area contributed by atoms with Crippen molar-refractivity contribution in [3.63, 3.8) is 0 Å². The Bertz CT molecular complexity index is 403. The minimum atomic E-state index is -1.35. The molecule has 1 atom stereocenters. The minimum absolute atomic E-state index is 0.0206. The molecule has 1 aromatic rings. The van der Waals surface area contributed by atoms with Gasteiger partial charge in [0.1, 0.15) is 0 Å². The number of nitrogens with one attached hydrogen (secondary N) is 1. The molecule has 0 aliphatic heterocycles. The number of amides is 1. The zero-order valence-corrected chi connectivity index (χ0v) is 9.60. The lowest BCUT2D eigenvalue weighted by Crippen LogP contribution is -2.46. The molecule has 0 radical (unpaired) electrons. The van der Waals surface area contributed by atoms with Gasteiger partial charge in [-0.25, -0.2) is 4.79 Å². The lowest BCUT2D eigenvalue weighted by atomic mass is 10.3. The number of rotatable bonds is 5. The van der Waals surface area contributed by atoms with E-state index in [1.165, 1.54) is 0 Å². The Balaban J connectivity index is 2.41. The number of carbonyl (C=O) groups is 2. The molecule has 1 rings (SSSR count). The third-order valence-corrected chi connectivity index (χ3v) is 1.81. The van der Waals surface area contributed by atoms with Crippen molar-refractivity contribution >= 4 is 11.9 Å². The maximum absolute atomic E-state index is 11.4. The summed E-state index contributed by atoms with van der Waals surface area (Å²) in [6, 6.07) is -1.35. The van der Waals surface area contributed by atoms with Gasteiger partial charge in [0.2, 0.25) is 11.8 Å². The lowest BCUT2D eigenvalue weighted by molar-refractivity contribution is -0.148. The van der Waals surface area contributed by atoms with Crippen LogP contribution in [0.2, 0.25) is 0 Å². The van der Waals surface area contributed by atoms with Crippen molar-refractivity contribution in [2.45, 2.75) is 26.4 Å². The molecular formula is C9H14N4O4. The quantitative estimate of drug-likeness (QED) is 0.495. The normalized spacial score (nSPS) is 11.9. The maximum Gasteiger partial charge on any atom is 0.332 e. The van der Waals surface area contributed by atoms with Gasteiger partial charge < -0.3 is 20.3 Å². The molecule has 3 N–H and O–H groups in total. The first-order valence-corrected chi connectivity index (χ1v) is 5.03. The van der Waals surface area contributed by atoms with Crippen LogP contribution in [0.3, 0.4) is 0 Å². The fraction of sp³-hybridized carbons (Fsp3) is 0.556. The van der Waals surface area contributed by atoms with Gasteiger partial charge in [-0.3, -0.25) is 4.79 Å².